The van der Waals surface area contributed by atoms with Crippen LogP contribution in [0.5, 0.6) is 0 Å². The molecule has 1 aromatic carbocycles. The van der Waals surface area contributed by atoms with Crippen molar-refractivity contribution in [2.45, 2.75) is 6.18 Å². The molecule has 0 saturated carbocycles. The van der Waals surface area contributed by atoms with Crippen LogP contribution < -0.4 is 5.56 Å². The van der Waals surface area contributed by atoms with E-state index in [9.17, 15) is 18.0 Å². The fraction of sp³-hybridized carbons (Fsp3) is 0.100. The molecule has 0 aliphatic carbocycles. The number of alkyl halides is 3. The van der Waals surface area contributed by atoms with Crippen molar-refractivity contribution in [2.75, 3.05) is 0 Å². The van der Waals surface area contributed by atoms with Gasteiger partial charge in [-0.05, 0) is 18.2 Å². The van der Waals surface area contributed by atoms with Gasteiger partial charge < -0.3 is 4.98 Å². The zero-order valence-electron chi connectivity index (χ0n) is 7.73. The Hall–Kier alpha value is -1.30. The van der Waals surface area contributed by atoms with Gasteiger partial charge in [0.25, 0.3) is 5.56 Å². The van der Waals surface area contributed by atoms with Gasteiger partial charge in [0.15, 0.2) is 0 Å². The summed E-state index contributed by atoms with van der Waals surface area (Å²) in [4.78, 5) is 13.4. The SMILES string of the molecule is O=c1[nH]cc(C(F)(F)F)c2cc(Br)ccc12. The Labute approximate surface area is 96.2 Å². The first-order valence-electron chi connectivity index (χ1n) is 4.28. The fourth-order valence-corrected chi connectivity index (χ4v) is 1.83. The van der Waals surface area contributed by atoms with Crippen LogP contribution in [0.2, 0.25) is 0 Å². The molecule has 0 saturated heterocycles. The smallest absolute Gasteiger partial charge is 0.328 e. The summed E-state index contributed by atoms with van der Waals surface area (Å²) in [7, 11) is 0. The molecule has 0 bridgehead atoms. The lowest BCUT2D eigenvalue weighted by molar-refractivity contribution is -0.136. The number of hydrogen-bond acceptors (Lipinski definition) is 1. The van der Waals surface area contributed by atoms with Crippen molar-refractivity contribution in [2.24, 2.45) is 0 Å². The lowest BCUT2D eigenvalue weighted by atomic mass is 10.1. The molecule has 6 heteroatoms. The molecule has 0 radical (unpaired) electrons. The van der Waals surface area contributed by atoms with Gasteiger partial charge in [0.05, 0.1) is 5.56 Å². The van der Waals surface area contributed by atoms with E-state index in [1.165, 1.54) is 18.2 Å². The second-order valence-electron chi connectivity index (χ2n) is 3.22. The number of H-pyrrole nitrogens is 1. The van der Waals surface area contributed by atoms with E-state index >= 15 is 0 Å². The van der Waals surface area contributed by atoms with Gasteiger partial charge in [-0.2, -0.15) is 13.2 Å². The van der Waals surface area contributed by atoms with Crippen LogP contribution in [-0.2, 0) is 6.18 Å². The summed E-state index contributed by atoms with van der Waals surface area (Å²) >= 11 is 3.08. The molecule has 0 fully saturated rings. The molecule has 0 spiro atoms. The molecule has 2 nitrogen and oxygen atoms in total. The Balaban J connectivity index is 2.92. The number of rotatable bonds is 0. The highest BCUT2D eigenvalue weighted by Gasteiger charge is 2.33. The van der Waals surface area contributed by atoms with Gasteiger partial charge in [0, 0.05) is 21.4 Å². The van der Waals surface area contributed by atoms with E-state index in [-0.39, 0.29) is 10.8 Å². The van der Waals surface area contributed by atoms with Crippen LogP contribution in [0.25, 0.3) is 10.8 Å². The molecule has 16 heavy (non-hydrogen) atoms. The number of fused-ring (bicyclic) bond motifs is 1. The molecule has 84 valence electrons. The maximum Gasteiger partial charge on any atom is 0.418 e. The van der Waals surface area contributed by atoms with Crippen LogP contribution in [0.3, 0.4) is 0 Å². The molecule has 2 aromatic rings. The average Bonchev–Trinajstić information content (AvgIpc) is 2.15. The first kappa shape index (κ1) is 11.2. The molecule has 2 rings (SSSR count). The van der Waals surface area contributed by atoms with Gasteiger partial charge in [0.2, 0.25) is 0 Å². The van der Waals surface area contributed by atoms with Crippen LogP contribution >= 0.6 is 15.9 Å². The summed E-state index contributed by atoms with van der Waals surface area (Å²) in [5, 5.41) is -0.0800. The molecule has 1 heterocycles. The van der Waals surface area contributed by atoms with Gasteiger partial charge in [-0.15, -0.1) is 0 Å². The molecular weight excluding hydrogens is 287 g/mol. The molecular formula is C10H5BrF3NO. The third kappa shape index (κ3) is 1.84. The number of pyridine rings is 1. The number of aromatic amines is 1. The van der Waals surface area contributed by atoms with Crippen molar-refractivity contribution < 1.29 is 13.2 Å². The molecule has 0 atom stereocenters. The largest absolute Gasteiger partial charge is 0.418 e. The highest BCUT2D eigenvalue weighted by Crippen LogP contribution is 2.33. The predicted molar refractivity (Wildman–Crippen MR) is 57.3 cm³/mol. The van der Waals surface area contributed by atoms with Crippen molar-refractivity contribution in [3.05, 3.63) is 44.8 Å². The quantitative estimate of drug-likeness (QED) is 0.794. The Kier molecular flexibility index (Phi) is 2.53. The number of halogens is 4. The molecule has 1 N–H and O–H groups in total. The number of nitrogens with one attached hydrogen (secondary N) is 1. The van der Waals surface area contributed by atoms with Crippen molar-refractivity contribution in [1.29, 1.82) is 0 Å². The first-order chi connectivity index (χ1) is 7.39. The Bertz CT molecular complexity index is 603. The van der Waals surface area contributed by atoms with Gasteiger partial charge in [-0.3, -0.25) is 4.79 Å². The van der Waals surface area contributed by atoms with E-state index in [1.54, 1.807) is 0 Å². The normalized spacial score (nSPS) is 12.0. The minimum Gasteiger partial charge on any atom is -0.328 e. The van der Waals surface area contributed by atoms with Crippen molar-refractivity contribution in [3.63, 3.8) is 0 Å². The highest BCUT2D eigenvalue weighted by atomic mass is 79.9. The summed E-state index contributed by atoms with van der Waals surface area (Å²) < 4.78 is 38.4. The average molecular weight is 292 g/mol. The van der Waals surface area contributed by atoms with Crippen molar-refractivity contribution >= 4 is 26.7 Å². The second-order valence-corrected chi connectivity index (χ2v) is 4.13. The minimum absolute atomic E-state index is 0.0259. The summed E-state index contributed by atoms with van der Waals surface area (Å²) in [6.45, 7) is 0. The molecule has 0 aliphatic rings. The standard InChI is InChI=1S/C10H5BrF3NO/c11-5-1-2-6-7(3-5)8(10(12,13)14)4-15-9(6)16/h1-4H,(H,15,16). The monoisotopic (exact) mass is 291 g/mol. The zero-order chi connectivity index (χ0) is 11.9. The van der Waals surface area contributed by atoms with Crippen molar-refractivity contribution in [3.8, 4) is 0 Å². The van der Waals surface area contributed by atoms with E-state index in [4.69, 9.17) is 0 Å². The maximum absolute atomic E-state index is 12.6. The van der Waals surface area contributed by atoms with Crippen LogP contribution in [0, 0.1) is 0 Å². The third-order valence-corrected chi connectivity index (χ3v) is 2.66. The van der Waals surface area contributed by atoms with Gasteiger partial charge in [-0.25, -0.2) is 0 Å². The second kappa shape index (κ2) is 3.62. The molecule has 1 aromatic heterocycles. The minimum atomic E-state index is -4.48. The Morgan fingerprint density at radius 1 is 1.19 bits per heavy atom. The summed E-state index contributed by atoms with van der Waals surface area (Å²) in [5.41, 5.74) is -1.38. The summed E-state index contributed by atoms with van der Waals surface area (Å²) in [5.74, 6) is 0. The van der Waals surface area contributed by atoms with Crippen LogP contribution in [0.15, 0.2) is 33.7 Å². The molecule has 0 unspecified atom stereocenters. The lowest BCUT2D eigenvalue weighted by Gasteiger charge is -2.09. The Morgan fingerprint density at radius 3 is 2.50 bits per heavy atom. The number of hydrogen-bond donors (Lipinski definition) is 1. The predicted octanol–water partition coefficient (Wildman–Crippen LogP) is 3.31. The zero-order valence-corrected chi connectivity index (χ0v) is 9.32. The molecule has 0 aliphatic heterocycles. The number of aromatic nitrogens is 1. The first-order valence-corrected chi connectivity index (χ1v) is 5.07. The van der Waals surface area contributed by atoms with Gasteiger partial charge >= 0.3 is 6.18 Å². The van der Waals surface area contributed by atoms with Gasteiger partial charge in [0.1, 0.15) is 0 Å². The van der Waals surface area contributed by atoms with E-state index in [2.05, 4.69) is 20.9 Å². The maximum atomic E-state index is 12.6. The number of benzene rings is 1. The van der Waals surface area contributed by atoms with Gasteiger partial charge in [-0.1, -0.05) is 15.9 Å². The molecule has 0 amide bonds. The van der Waals surface area contributed by atoms with Crippen LogP contribution in [0.1, 0.15) is 5.56 Å². The van der Waals surface area contributed by atoms with E-state index in [1.807, 2.05) is 0 Å². The Morgan fingerprint density at radius 2 is 1.88 bits per heavy atom. The topological polar surface area (TPSA) is 32.9 Å². The van der Waals surface area contributed by atoms with E-state index < -0.39 is 17.3 Å². The highest BCUT2D eigenvalue weighted by molar-refractivity contribution is 9.10. The lowest BCUT2D eigenvalue weighted by Crippen LogP contribution is -2.13. The third-order valence-electron chi connectivity index (χ3n) is 2.17. The van der Waals surface area contributed by atoms with Crippen LogP contribution in [0.4, 0.5) is 13.2 Å². The van der Waals surface area contributed by atoms with E-state index in [0.717, 1.165) is 0 Å². The van der Waals surface area contributed by atoms with Crippen LogP contribution in [-0.4, -0.2) is 4.98 Å². The van der Waals surface area contributed by atoms with E-state index in [0.29, 0.717) is 10.7 Å². The summed E-state index contributed by atoms with van der Waals surface area (Å²) in [6.07, 6.45) is -3.79. The summed E-state index contributed by atoms with van der Waals surface area (Å²) in [6, 6.07) is 4.17. The fourth-order valence-electron chi connectivity index (χ4n) is 1.47. The van der Waals surface area contributed by atoms with Crippen molar-refractivity contribution in [1.82, 2.24) is 4.98 Å².